The van der Waals surface area contributed by atoms with Crippen molar-refractivity contribution in [1.82, 2.24) is 5.32 Å². The van der Waals surface area contributed by atoms with Gasteiger partial charge in [0.15, 0.2) is 0 Å². The molecule has 0 bridgehead atoms. The first kappa shape index (κ1) is 17.5. The second-order valence-electron chi connectivity index (χ2n) is 7.66. The van der Waals surface area contributed by atoms with Gasteiger partial charge in [0.05, 0.1) is 18.3 Å². The van der Waals surface area contributed by atoms with E-state index in [9.17, 15) is 5.26 Å². The minimum Gasteiger partial charge on any atom is -0.375 e. The van der Waals surface area contributed by atoms with Gasteiger partial charge < -0.3 is 4.74 Å². The van der Waals surface area contributed by atoms with Crippen LogP contribution in [0.5, 0.6) is 0 Å². The van der Waals surface area contributed by atoms with Crippen LogP contribution in [0.3, 0.4) is 0 Å². The van der Waals surface area contributed by atoms with Crippen molar-refractivity contribution in [3.8, 4) is 6.07 Å². The monoisotopic (exact) mass is 280 g/mol. The molecular weight excluding hydrogens is 248 g/mol. The Kier molecular flexibility index (Phi) is 6.04. The fourth-order valence-corrected chi connectivity index (χ4v) is 3.86. The van der Waals surface area contributed by atoms with E-state index in [1.807, 2.05) is 13.8 Å². The molecule has 3 nitrogen and oxygen atoms in total. The molecule has 0 saturated heterocycles. The maximum absolute atomic E-state index is 9.33. The molecule has 4 atom stereocenters. The first-order chi connectivity index (χ1) is 9.19. The van der Waals surface area contributed by atoms with Crippen LogP contribution in [0, 0.1) is 22.7 Å². The topological polar surface area (TPSA) is 45.0 Å². The molecule has 4 unspecified atom stereocenters. The number of nitrogens with one attached hydrogen (secondary N) is 1. The molecule has 0 amide bonds. The number of hydrogen-bond donors (Lipinski definition) is 1. The number of nitriles is 1. The van der Waals surface area contributed by atoms with Crippen molar-refractivity contribution < 1.29 is 4.74 Å². The standard InChI is InChI=1S/C17H32N2O/c1-7-19-17(6,12-18)10-14(3)20-15-8-13(2)9-16(4,5)11-15/h13-15,19H,7-11H2,1-6H3. The Labute approximate surface area is 125 Å². The molecule has 116 valence electrons. The lowest BCUT2D eigenvalue weighted by atomic mass is 9.71. The van der Waals surface area contributed by atoms with Crippen LogP contribution in [0.4, 0.5) is 0 Å². The molecule has 1 fully saturated rings. The molecule has 1 aliphatic rings. The third kappa shape index (κ3) is 5.42. The zero-order valence-electron chi connectivity index (χ0n) is 14.1. The van der Waals surface area contributed by atoms with Gasteiger partial charge in [0.2, 0.25) is 0 Å². The molecule has 0 aromatic rings. The van der Waals surface area contributed by atoms with Crippen molar-refractivity contribution in [2.24, 2.45) is 11.3 Å². The summed E-state index contributed by atoms with van der Waals surface area (Å²) < 4.78 is 6.25. The Morgan fingerprint density at radius 3 is 2.60 bits per heavy atom. The van der Waals surface area contributed by atoms with Crippen LogP contribution < -0.4 is 5.32 Å². The summed E-state index contributed by atoms with van der Waals surface area (Å²) in [6.45, 7) is 13.9. The van der Waals surface area contributed by atoms with Crippen LogP contribution in [-0.4, -0.2) is 24.3 Å². The SMILES string of the molecule is CCNC(C)(C#N)CC(C)OC1CC(C)CC(C)(C)C1. The second-order valence-corrected chi connectivity index (χ2v) is 7.66. The van der Waals surface area contributed by atoms with Crippen LogP contribution in [0.25, 0.3) is 0 Å². The highest BCUT2D eigenvalue weighted by atomic mass is 16.5. The molecule has 1 rings (SSSR count). The van der Waals surface area contributed by atoms with Crippen molar-refractivity contribution in [3.63, 3.8) is 0 Å². The average molecular weight is 280 g/mol. The van der Waals surface area contributed by atoms with Gasteiger partial charge in [-0.05, 0) is 51.0 Å². The summed E-state index contributed by atoms with van der Waals surface area (Å²) in [6, 6.07) is 2.38. The van der Waals surface area contributed by atoms with Gasteiger partial charge in [-0.1, -0.05) is 27.7 Å². The summed E-state index contributed by atoms with van der Waals surface area (Å²) in [4.78, 5) is 0. The first-order valence-corrected chi connectivity index (χ1v) is 8.01. The van der Waals surface area contributed by atoms with E-state index in [0.717, 1.165) is 31.7 Å². The summed E-state index contributed by atoms with van der Waals surface area (Å²) in [5.41, 5.74) is -0.105. The smallest absolute Gasteiger partial charge is 0.106 e. The van der Waals surface area contributed by atoms with E-state index in [0.29, 0.717) is 11.5 Å². The molecule has 0 aliphatic heterocycles. The Morgan fingerprint density at radius 1 is 1.45 bits per heavy atom. The quantitative estimate of drug-likeness (QED) is 0.803. The molecule has 0 aromatic carbocycles. The van der Waals surface area contributed by atoms with Gasteiger partial charge in [-0.25, -0.2) is 0 Å². The molecule has 3 heteroatoms. The predicted molar refractivity (Wildman–Crippen MR) is 83.4 cm³/mol. The van der Waals surface area contributed by atoms with Gasteiger partial charge >= 0.3 is 0 Å². The van der Waals surface area contributed by atoms with Crippen molar-refractivity contribution in [2.75, 3.05) is 6.54 Å². The van der Waals surface area contributed by atoms with Gasteiger partial charge in [-0.2, -0.15) is 5.26 Å². The van der Waals surface area contributed by atoms with E-state index in [1.54, 1.807) is 0 Å². The maximum Gasteiger partial charge on any atom is 0.106 e. The van der Waals surface area contributed by atoms with E-state index in [1.165, 1.54) is 6.42 Å². The molecule has 0 aromatic heterocycles. The predicted octanol–water partition coefficient (Wildman–Crippen LogP) is 3.89. The Bertz CT molecular complexity index is 347. The van der Waals surface area contributed by atoms with Crippen molar-refractivity contribution in [3.05, 3.63) is 0 Å². The number of hydrogen-bond acceptors (Lipinski definition) is 3. The summed E-state index contributed by atoms with van der Waals surface area (Å²) in [6.07, 6.45) is 4.76. The normalized spacial score (nSPS) is 30.2. The van der Waals surface area contributed by atoms with Crippen molar-refractivity contribution in [1.29, 1.82) is 5.26 Å². The molecule has 1 aliphatic carbocycles. The Hall–Kier alpha value is -0.590. The molecule has 1 N–H and O–H groups in total. The zero-order valence-corrected chi connectivity index (χ0v) is 14.1. The van der Waals surface area contributed by atoms with Gasteiger partial charge in [0.25, 0.3) is 0 Å². The molecule has 0 radical (unpaired) electrons. The molecular formula is C17H32N2O. The lowest BCUT2D eigenvalue weighted by Crippen LogP contribution is -2.44. The molecule has 20 heavy (non-hydrogen) atoms. The average Bonchev–Trinajstić information content (AvgIpc) is 2.25. The first-order valence-electron chi connectivity index (χ1n) is 8.01. The lowest BCUT2D eigenvalue weighted by Gasteiger charge is -2.40. The minimum atomic E-state index is -0.482. The zero-order chi connectivity index (χ0) is 15.4. The highest BCUT2D eigenvalue weighted by Crippen LogP contribution is 2.40. The third-order valence-corrected chi connectivity index (χ3v) is 4.28. The van der Waals surface area contributed by atoms with Crippen LogP contribution in [0.1, 0.15) is 67.2 Å². The molecule has 1 saturated carbocycles. The second kappa shape index (κ2) is 6.91. The van der Waals surface area contributed by atoms with E-state index < -0.39 is 5.54 Å². The number of nitrogens with zero attached hydrogens (tertiary/aromatic N) is 1. The number of ether oxygens (including phenoxy) is 1. The maximum atomic E-state index is 9.33. The van der Waals surface area contributed by atoms with Crippen LogP contribution in [0.15, 0.2) is 0 Å². The van der Waals surface area contributed by atoms with Gasteiger partial charge in [-0.15, -0.1) is 0 Å². The fourth-order valence-electron chi connectivity index (χ4n) is 3.86. The number of rotatable bonds is 6. The van der Waals surface area contributed by atoms with Crippen molar-refractivity contribution >= 4 is 0 Å². The van der Waals surface area contributed by atoms with E-state index >= 15 is 0 Å². The fraction of sp³-hybridized carbons (Fsp3) is 0.941. The summed E-state index contributed by atoms with van der Waals surface area (Å²) in [5.74, 6) is 0.729. The van der Waals surface area contributed by atoms with Crippen LogP contribution in [0.2, 0.25) is 0 Å². The van der Waals surface area contributed by atoms with Gasteiger partial charge in [-0.3, -0.25) is 5.32 Å². The summed E-state index contributed by atoms with van der Waals surface area (Å²) in [5, 5.41) is 12.6. The third-order valence-electron chi connectivity index (χ3n) is 4.28. The van der Waals surface area contributed by atoms with E-state index in [2.05, 4.69) is 39.1 Å². The van der Waals surface area contributed by atoms with Crippen LogP contribution in [-0.2, 0) is 4.74 Å². The summed E-state index contributed by atoms with van der Waals surface area (Å²) >= 11 is 0. The highest BCUT2D eigenvalue weighted by Gasteiger charge is 2.34. The summed E-state index contributed by atoms with van der Waals surface area (Å²) in [7, 11) is 0. The largest absolute Gasteiger partial charge is 0.375 e. The van der Waals surface area contributed by atoms with Gasteiger partial charge in [0, 0.05) is 6.42 Å². The highest BCUT2D eigenvalue weighted by molar-refractivity contribution is 5.04. The lowest BCUT2D eigenvalue weighted by molar-refractivity contribution is -0.0656. The Morgan fingerprint density at radius 2 is 2.10 bits per heavy atom. The minimum absolute atomic E-state index is 0.116. The van der Waals surface area contributed by atoms with Crippen molar-refractivity contribution in [2.45, 2.75) is 85.0 Å². The van der Waals surface area contributed by atoms with E-state index in [4.69, 9.17) is 4.74 Å². The molecule has 0 spiro atoms. The Balaban J connectivity index is 2.53. The van der Waals surface area contributed by atoms with Crippen LogP contribution >= 0.6 is 0 Å². The molecule has 0 heterocycles. The van der Waals surface area contributed by atoms with Gasteiger partial charge in [0.1, 0.15) is 5.54 Å². The van der Waals surface area contributed by atoms with E-state index in [-0.39, 0.29) is 6.10 Å².